The summed E-state index contributed by atoms with van der Waals surface area (Å²) in [5.41, 5.74) is 1.64. The zero-order valence-corrected chi connectivity index (χ0v) is 12.3. The maximum Gasteiger partial charge on any atom is 0.269 e. The first kappa shape index (κ1) is 13.9. The summed E-state index contributed by atoms with van der Waals surface area (Å²) in [6.45, 7) is 4.31. The van der Waals surface area contributed by atoms with Gasteiger partial charge in [0.25, 0.3) is 5.91 Å². The van der Waals surface area contributed by atoms with Gasteiger partial charge in [0, 0.05) is 12.6 Å². The summed E-state index contributed by atoms with van der Waals surface area (Å²) >= 11 is 7.33. The second kappa shape index (κ2) is 5.63. The number of phenolic OH excluding ortho intramolecular Hbond substituents is 1. The molecular formula is C14H14ClNO2S. The molecule has 3 nitrogen and oxygen atoms in total. The zero-order valence-electron chi connectivity index (χ0n) is 10.7. The second-order valence-corrected chi connectivity index (χ2v) is 5.44. The molecule has 19 heavy (non-hydrogen) atoms. The van der Waals surface area contributed by atoms with Crippen LogP contribution in [0.4, 0.5) is 5.69 Å². The SMILES string of the molecule is CCN(C(=O)c1sccc1Cl)c1cc(O)ccc1C. The Balaban J connectivity index is 2.43. The van der Waals surface area contributed by atoms with Gasteiger partial charge in [-0.2, -0.15) is 0 Å². The number of carbonyl (C=O) groups excluding carboxylic acids is 1. The number of anilines is 1. The molecule has 0 saturated carbocycles. The highest BCUT2D eigenvalue weighted by Gasteiger charge is 2.21. The van der Waals surface area contributed by atoms with Crippen LogP contribution >= 0.6 is 22.9 Å². The summed E-state index contributed by atoms with van der Waals surface area (Å²) in [6.07, 6.45) is 0. The van der Waals surface area contributed by atoms with Crippen LogP contribution < -0.4 is 4.90 Å². The maximum atomic E-state index is 12.5. The van der Waals surface area contributed by atoms with Gasteiger partial charge in [-0.15, -0.1) is 11.3 Å². The molecule has 0 unspecified atom stereocenters. The molecule has 2 rings (SSSR count). The van der Waals surface area contributed by atoms with Gasteiger partial charge in [0.05, 0.1) is 10.7 Å². The maximum absolute atomic E-state index is 12.5. The summed E-state index contributed by atoms with van der Waals surface area (Å²) in [7, 11) is 0. The van der Waals surface area contributed by atoms with Crippen molar-refractivity contribution in [1.29, 1.82) is 0 Å². The third-order valence-electron chi connectivity index (χ3n) is 2.86. The Morgan fingerprint density at radius 1 is 1.42 bits per heavy atom. The lowest BCUT2D eigenvalue weighted by molar-refractivity contribution is 0.0992. The molecule has 1 aromatic heterocycles. The minimum Gasteiger partial charge on any atom is -0.508 e. The normalized spacial score (nSPS) is 10.5. The number of halogens is 1. The quantitative estimate of drug-likeness (QED) is 0.927. The summed E-state index contributed by atoms with van der Waals surface area (Å²) in [6, 6.07) is 6.70. The molecular weight excluding hydrogens is 282 g/mol. The Hall–Kier alpha value is -1.52. The molecule has 5 heteroatoms. The van der Waals surface area contributed by atoms with Crippen LogP contribution in [0.1, 0.15) is 22.2 Å². The molecule has 0 bridgehead atoms. The monoisotopic (exact) mass is 295 g/mol. The lowest BCUT2D eigenvalue weighted by atomic mass is 10.1. The van der Waals surface area contributed by atoms with Crippen molar-refractivity contribution >= 4 is 34.5 Å². The number of hydrogen-bond acceptors (Lipinski definition) is 3. The molecule has 0 aliphatic carbocycles. The molecule has 0 aliphatic rings. The van der Waals surface area contributed by atoms with Gasteiger partial charge in [0.1, 0.15) is 10.6 Å². The first-order valence-corrected chi connectivity index (χ1v) is 7.14. The van der Waals surface area contributed by atoms with Crippen molar-refractivity contribution in [2.75, 3.05) is 11.4 Å². The van der Waals surface area contributed by atoms with E-state index in [1.54, 1.807) is 34.5 Å². The van der Waals surface area contributed by atoms with Crippen molar-refractivity contribution in [3.63, 3.8) is 0 Å². The number of hydrogen-bond donors (Lipinski definition) is 1. The van der Waals surface area contributed by atoms with E-state index in [1.807, 2.05) is 13.8 Å². The third kappa shape index (κ3) is 2.74. The number of amides is 1. The molecule has 1 N–H and O–H groups in total. The Morgan fingerprint density at radius 3 is 2.74 bits per heavy atom. The lowest BCUT2D eigenvalue weighted by Gasteiger charge is -2.22. The fourth-order valence-electron chi connectivity index (χ4n) is 1.88. The van der Waals surface area contributed by atoms with Crippen molar-refractivity contribution in [3.05, 3.63) is 45.1 Å². The van der Waals surface area contributed by atoms with Crippen LogP contribution in [0.15, 0.2) is 29.6 Å². The molecule has 0 radical (unpaired) electrons. The van der Waals surface area contributed by atoms with E-state index < -0.39 is 0 Å². The molecule has 0 atom stereocenters. The van der Waals surface area contributed by atoms with E-state index in [-0.39, 0.29) is 11.7 Å². The summed E-state index contributed by atoms with van der Waals surface area (Å²) in [4.78, 5) is 14.6. The zero-order chi connectivity index (χ0) is 14.0. The second-order valence-electron chi connectivity index (χ2n) is 4.12. The van der Waals surface area contributed by atoms with Crippen LogP contribution in [0, 0.1) is 6.92 Å². The number of nitrogens with zero attached hydrogens (tertiary/aromatic N) is 1. The standard InChI is InChI=1S/C14H14ClNO2S/c1-3-16(12-8-10(17)5-4-9(12)2)14(18)13-11(15)6-7-19-13/h4-8,17H,3H2,1-2H3. The van der Waals surface area contributed by atoms with Gasteiger partial charge in [-0.05, 0) is 36.9 Å². The topological polar surface area (TPSA) is 40.5 Å². The number of aromatic hydroxyl groups is 1. The van der Waals surface area contributed by atoms with E-state index in [2.05, 4.69) is 0 Å². The van der Waals surface area contributed by atoms with Gasteiger partial charge >= 0.3 is 0 Å². The number of rotatable bonds is 3. The van der Waals surface area contributed by atoms with Crippen molar-refractivity contribution < 1.29 is 9.90 Å². The van der Waals surface area contributed by atoms with E-state index in [0.717, 1.165) is 5.56 Å². The minimum atomic E-state index is -0.142. The highest BCUT2D eigenvalue weighted by Crippen LogP contribution is 2.29. The average Bonchev–Trinajstić information content (AvgIpc) is 2.80. The number of aryl methyl sites for hydroxylation is 1. The Kier molecular flexibility index (Phi) is 4.12. The summed E-state index contributed by atoms with van der Waals surface area (Å²) in [5.74, 6) is 0.000302. The van der Waals surface area contributed by atoms with Gasteiger partial charge in [-0.25, -0.2) is 0 Å². The van der Waals surface area contributed by atoms with Crippen LogP contribution in [-0.2, 0) is 0 Å². The molecule has 1 heterocycles. The number of phenols is 1. The fraction of sp³-hybridized carbons (Fsp3) is 0.214. The fourth-order valence-corrected chi connectivity index (χ4v) is 2.96. The molecule has 0 aliphatic heterocycles. The predicted octanol–water partition coefficient (Wildman–Crippen LogP) is 4.08. The molecule has 0 saturated heterocycles. The Labute approximate surface area is 121 Å². The third-order valence-corrected chi connectivity index (χ3v) is 4.19. The van der Waals surface area contributed by atoms with Gasteiger partial charge in [0.15, 0.2) is 0 Å². The van der Waals surface area contributed by atoms with Crippen molar-refractivity contribution in [3.8, 4) is 5.75 Å². The first-order valence-electron chi connectivity index (χ1n) is 5.89. The Bertz CT molecular complexity index is 609. The molecule has 1 aromatic carbocycles. The van der Waals surface area contributed by atoms with Crippen molar-refractivity contribution in [2.45, 2.75) is 13.8 Å². The van der Waals surface area contributed by atoms with E-state index in [1.165, 1.54) is 11.3 Å². The highest BCUT2D eigenvalue weighted by molar-refractivity contribution is 7.12. The molecule has 0 fully saturated rings. The molecule has 2 aromatic rings. The van der Waals surface area contributed by atoms with Crippen LogP contribution in [0.3, 0.4) is 0 Å². The van der Waals surface area contributed by atoms with Crippen LogP contribution in [-0.4, -0.2) is 17.6 Å². The molecule has 100 valence electrons. The van der Waals surface area contributed by atoms with Gasteiger partial charge < -0.3 is 10.0 Å². The van der Waals surface area contributed by atoms with Crippen LogP contribution in [0.5, 0.6) is 5.75 Å². The number of thiophene rings is 1. The number of benzene rings is 1. The van der Waals surface area contributed by atoms with Crippen molar-refractivity contribution in [2.24, 2.45) is 0 Å². The largest absolute Gasteiger partial charge is 0.508 e. The highest BCUT2D eigenvalue weighted by atomic mass is 35.5. The van der Waals surface area contributed by atoms with E-state index in [4.69, 9.17) is 11.6 Å². The molecule has 0 spiro atoms. The predicted molar refractivity (Wildman–Crippen MR) is 79.5 cm³/mol. The lowest BCUT2D eigenvalue weighted by Crippen LogP contribution is -2.30. The van der Waals surface area contributed by atoms with Crippen molar-refractivity contribution in [1.82, 2.24) is 0 Å². The van der Waals surface area contributed by atoms with E-state index >= 15 is 0 Å². The van der Waals surface area contributed by atoms with Gasteiger partial charge in [0.2, 0.25) is 0 Å². The van der Waals surface area contributed by atoms with Gasteiger partial charge in [-0.3, -0.25) is 4.79 Å². The number of carbonyl (C=O) groups is 1. The van der Waals surface area contributed by atoms with E-state index in [0.29, 0.717) is 22.1 Å². The van der Waals surface area contributed by atoms with E-state index in [9.17, 15) is 9.90 Å². The van der Waals surface area contributed by atoms with Crippen LogP contribution in [0.25, 0.3) is 0 Å². The average molecular weight is 296 g/mol. The van der Waals surface area contributed by atoms with Crippen LogP contribution in [0.2, 0.25) is 5.02 Å². The first-order chi connectivity index (χ1) is 9.04. The summed E-state index contributed by atoms with van der Waals surface area (Å²) in [5, 5.41) is 11.8. The Morgan fingerprint density at radius 2 is 2.16 bits per heavy atom. The smallest absolute Gasteiger partial charge is 0.269 e. The minimum absolute atomic E-state index is 0.142. The summed E-state index contributed by atoms with van der Waals surface area (Å²) < 4.78 is 0. The van der Waals surface area contributed by atoms with Gasteiger partial charge in [-0.1, -0.05) is 17.7 Å². The molecule has 1 amide bonds.